The molecule has 3 rings (SSSR count). The second-order valence-electron chi connectivity index (χ2n) is 7.22. The Kier molecular flexibility index (Phi) is 7.20. The van der Waals surface area contributed by atoms with E-state index >= 15 is 0 Å². The van der Waals surface area contributed by atoms with Gasteiger partial charge < -0.3 is 14.8 Å². The molecule has 1 atom stereocenters. The number of carbonyl (C=O) groups excluding carboxylic acids is 1. The molecule has 30 heavy (non-hydrogen) atoms. The molecule has 1 N–H and O–H groups in total. The van der Waals surface area contributed by atoms with Crippen LogP contribution in [0.25, 0.3) is 0 Å². The van der Waals surface area contributed by atoms with E-state index in [-0.39, 0.29) is 12.0 Å². The number of carbonyl (C=O) groups is 1. The standard InChI is InChI=1S/C25H28N2O3/c1-5-7-19-10-12-21(13-11-19)30-22-9-6-8-20(16-22)27-25(28)23-14-15-24(18(3)29-4)26-17(23)2/h6,8-16,18H,5,7H2,1-4H3,(H,27,28). The number of aromatic nitrogens is 1. The molecule has 0 spiro atoms. The second-order valence-corrected chi connectivity index (χ2v) is 7.22. The fourth-order valence-electron chi connectivity index (χ4n) is 3.15. The minimum absolute atomic E-state index is 0.120. The summed E-state index contributed by atoms with van der Waals surface area (Å²) < 4.78 is 11.2. The number of benzene rings is 2. The number of anilines is 1. The van der Waals surface area contributed by atoms with Gasteiger partial charge in [-0.05, 0) is 62.2 Å². The number of nitrogens with one attached hydrogen (secondary N) is 1. The van der Waals surface area contributed by atoms with Gasteiger partial charge in [0.25, 0.3) is 5.91 Å². The van der Waals surface area contributed by atoms with Crippen molar-refractivity contribution in [3.8, 4) is 11.5 Å². The van der Waals surface area contributed by atoms with Gasteiger partial charge in [0.05, 0.1) is 23.1 Å². The van der Waals surface area contributed by atoms with Crippen LogP contribution in [0.4, 0.5) is 5.69 Å². The quantitative estimate of drug-likeness (QED) is 0.493. The van der Waals surface area contributed by atoms with Gasteiger partial charge in [0.2, 0.25) is 0 Å². The van der Waals surface area contributed by atoms with Crippen LogP contribution in [0, 0.1) is 6.92 Å². The summed E-state index contributed by atoms with van der Waals surface area (Å²) in [6, 6.07) is 19.0. The summed E-state index contributed by atoms with van der Waals surface area (Å²) in [6.07, 6.45) is 2.05. The van der Waals surface area contributed by atoms with E-state index in [1.165, 1.54) is 5.56 Å². The predicted molar refractivity (Wildman–Crippen MR) is 119 cm³/mol. The Morgan fingerprint density at radius 3 is 2.50 bits per heavy atom. The number of methoxy groups -OCH3 is 1. The zero-order chi connectivity index (χ0) is 21.5. The van der Waals surface area contributed by atoms with E-state index in [4.69, 9.17) is 9.47 Å². The zero-order valence-electron chi connectivity index (χ0n) is 17.9. The molecule has 5 nitrogen and oxygen atoms in total. The van der Waals surface area contributed by atoms with Crippen molar-refractivity contribution < 1.29 is 14.3 Å². The van der Waals surface area contributed by atoms with E-state index in [0.29, 0.717) is 22.7 Å². The Balaban J connectivity index is 1.69. The molecular weight excluding hydrogens is 376 g/mol. The van der Waals surface area contributed by atoms with Crippen molar-refractivity contribution in [1.29, 1.82) is 0 Å². The minimum Gasteiger partial charge on any atom is -0.457 e. The molecule has 1 aromatic heterocycles. The molecule has 0 fully saturated rings. The second kappa shape index (κ2) is 10.0. The molecule has 0 aliphatic heterocycles. The SMILES string of the molecule is CCCc1ccc(Oc2cccc(NC(=O)c3ccc(C(C)OC)nc3C)c2)cc1. The van der Waals surface area contributed by atoms with Crippen molar-refractivity contribution >= 4 is 11.6 Å². The third kappa shape index (κ3) is 5.45. The summed E-state index contributed by atoms with van der Waals surface area (Å²) in [5, 5.41) is 2.92. The molecule has 0 radical (unpaired) electrons. The monoisotopic (exact) mass is 404 g/mol. The molecule has 0 aliphatic carbocycles. The Morgan fingerprint density at radius 1 is 1.07 bits per heavy atom. The minimum atomic E-state index is -0.210. The predicted octanol–water partition coefficient (Wildman–Crippen LogP) is 6.09. The van der Waals surface area contributed by atoms with Crippen LogP contribution in [0.15, 0.2) is 60.7 Å². The molecule has 2 aromatic carbocycles. The topological polar surface area (TPSA) is 60.5 Å². The number of nitrogens with zero attached hydrogens (tertiary/aromatic N) is 1. The molecule has 3 aromatic rings. The number of hydrogen-bond acceptors (Lipinski definition) is 4. The Bertz CT molecular complexity index is 1000. The van der Waals surface area contributed by atoms with Gasteiger partial charge in [-0.1, -0.05) is 31.5 Å². The first-order valence-corrected chi connectivity index (χ1v) is 10.2. The molecule has 1 heterocycles. The lowest BCUT2D eigenvalue weighted by Crippen LogP contribution is -2.15. The van der Waals surface area contributed by atoms with Gasteiger partial charge in [-0.2, -0.15) is 0 Å². The van der Waals surface area contributed by atoms with Gasteiger partial charge in [-0.3, -0.25) is 9.78 Å². The highest BCUT2D eigenvalue weighted by atomic mass is 16.5. The van der Waals surface area contributed by atoms with Crippen molar-refractivity contribution in [1.82, 2.24) is 4.98 Å². The van der Waals surface area contributed by atoms with E-state index in [1.807, 2.05) is 56.3 Å². The molecule has 0 bridgehead atoms. The number of rotatable bonds is 8. The Labute approximate surface area is 178 Å². The Morgan fingerprint density at radius 2 is 1.83 bits per heavy atom. The van der Waals surface area contributed by atoms with Crippen LogP contribution in [0.3, 0.4) is 0 Å². The van der Waals surface area contributed by atoms with E-state index in [9.17, 15) is 4.79 Å². The maximum Gasteiger partial charge on any atom is 0.257 e. The maximum atomic E-state index is 12.7. The van der Waals surface area contributed by atoms with Gasteiger partial charge in [0, 0.05) is 18.9 Å². The summed E-state index contributed by atoms with van der Waals surface area (Å²) in [7, 11) is 1.64. The number of ether oxygens (including phenoxy) is 2. The van der Waals surface area contributed by atoms with Crippen LogP contribution in [0.2, 0.25) is 0 Å². The molecule has 0 saturated carbocycles. The highest BCUT2D eigenvalue weighted by Crippen LogP contribution is 2.25. The van der Waals surface area contributed by atoms with E-state index in [2.05, 4.69) is 29.4 Å². The summed E-state index contributed by atoms with van der Waals surface area (Å²) in [5.41, 5.74) is 3.94. The lowest BCUT2D eigenvalue weighted by atomic mass is 10.1. The first-order chi connectivity index (χ1) is 14.5. The van der Waals surface area contributed by atoms with Crippen LogP contribution in [-0.2, 0) is 11.2 Å². The van der Waals surface area contributed by atoms with Crippen LogP contribution in [-0.4, -0.2) is 18.0 Å². The summed E-state index contributed by atoms with van der Waals surface area (Å²) in [5.74, 6) is 1.22. The third-order valence-corrected chi connectivity index (χ3v) is 4.91. The zero-order valence-corrected chi connectivity index (χ0v) is 17.9. The van der Waals surface area contributed by atoms with Crippen LogP contribution in [0.5, 0.6) is 11.5 Å². The lowest BCUT2D eigenvalue weighted by molar-refractivity contribution is 0.102. The first-order valence-electron chi connectivity index (χ1n) is 10.2. The highest BCUT2D eigenvalue weighted by molar-refractivity contribution is 6.05. The smallest absolute Gasteiger partial charge is 0.257 e. The van der Waals surface area contributed by atoms with Gasteiger partial charge in [0.15, 0.2) is 0 Å². The molecule has 1 unspecified atom stereocenters. The maximum absolute atomic E-state index is 12.7. The molecule has 5 heteroatoms. The summed E-state index contributed by atoms with van der Waals surface area (Å²) >= 11 is 0. The van der Waals surface area contributed by atoms with Gasteiger partial charge >= 0.3 is 0 Å². The van der Waals surface area contributed by atoms with Crippen molar-refractivity contribution in [3.05, 3.63) is 83.2 Å². The van der Waals surface area contributed by atoms with Crippen LogP contribution < -0.4 is 10.1 Å². The number of pyridine rings is 1. The average molecular weight is 405 g/mol. The lowest BCUT2D eigenvalue weighted by Gasteiger charge is -2.13. The fourth-order valence-corrected chi connectivity index (χ4v) is 3.15. The normalized spacial score (nSPS) is 11.7. The van der Waals surface area contributed by atoms with E-state index in [0.717, 1.165) is 24.3 Å². The summed E-state index contributed by atoms with van der Waals surface area (Å²) in [6.45, 7) is 5.91. The fraction of sp³-hybridized carbons (Fsp3) is 0.280. The van der Waals surface area contributed by atoms with Crippen LogP contribution in [0.1, 0.15) is 53.7 Å². The molecule has 0 saturated heterocycles. The number of aryl methyl sites for hydroxylation is 2. The molecule has 1 amide bonds. The highest BCUT2D eigenvalue weighted by Gasteiger charge is 2.14. The van der Waals surface area contributed by atoms with Gasteiger partial charge in [-0.25, -0.2) is 0 Å². The van der Waals surface area contributed by atoms with Crippen LogP contribution >= 0.6 is 0 Å². The van der Waals surface area contributed by atoms with Crippen molar-refractivity contribution in [2.75, 3.05) is 12.4 Å². The Hall–Kier alpha value is -3.18. The van der Waals surface area contributed by atoms with Gasteiger partial charge in [0.1, 0.15) is 11.5 Å². The third-order valence-electron chi connectivity index (χ3n) is 4.91. The molecule has 156 valence electrons. The molecular formula is C25H28N2O3. The van der Waals surface area contributed by atoms with Crippen molar-refractivity contribution in [2.45, 2.75) is 39.7 Å². The number of hydrogen-bond donors (Lipinski definition) is 1. The first kappa shape index (κ1) is 21.5. The number of amides is 1. The van der Waals surface area contributed by atoms with Crippen molar-refractivity contribution in [3.63, 3.8) is 0 Å². The molecule has 0 aliphatic rings. The summed E-state index contributed by atoms with van der Waals surface area (Å²) in [4.78, 5) is 17.2. The largest absolute Gasteiger partial charge is 0.457 e. The van der Waals surface area contributed by atoms with E-state index < -0.39 is 0 Å². The van der Waals surface area contributed by atoms with Gasteiger partial charge in [-0.15, -0.1) is 0 Å². The van der Waals surface area contributed by atoms with Crippen molar-refractivity contribution in [2.24, 2.45) is 0 Å². The van der Waals surface area contributed by atoms with E-state index in [1.54, 1.807) is 13.2 Å². The average Bonchev–Trinajstić information content (AvgIpc) is 2.75.